The van der Waals surface area contributed by atoms with Gasteiger partial charge in [0.25, 0.3) is 0 Å². The van der Waals surface area contributed by atoms with Crippen LogP contribution in [0.3, 0.4) is 0 Å². The predicted molar refractivity (Wildman–Crippen MR) is 159 cm³/mol. The van der Waals surface area contributed by atoms with Crippen molar-refractivity contribution in [3.05, 3.63) is 68.3 Å². The van der Waals surface area contributed by atoms with Gasteiger partial charge in [-0.05, 0) is 59.7 Å². The van der Waals surface area contributed by atoms with E-state index < -0.39 is 24.2 Å². The Bertz CT molecular complexity index is 1220. The standard InChI is InChI=1S/C30H37IN2O7/c1-4-5-6-27(36)33(17-20-9-7-19(2)8-10-20)24-15-22(30(38)32-11-12-34)16-25(28(24)37)40-29-23(31)13-21(18-35)14-26(29)39-3/h7-10,13-14,16,18,24-25,28,34,37H,4-6,11-12,15,17H2,1-3H3,(H,32,38). The summed E-state index contributed by atoms with van der Waals surface area (Å²) < 4.78 is 12.3. The second-order valence-corrected chi connectivity index (χ2v) is 10.9. The van der Waals surface area contributed by atoms with Crippen molar-refractivity contribution in [3.8, 4) is 11.5 Å². The zero-order valence-electron chi connectivity index (χ0n) is 23.1. The summed E-state index contributed by atoms with van der Waals surface area (Å²) in [6.07, 6.45) is 2.05. The lowest BCUT2D eigenvalue weighted by molar-refractivity contribution is -0.139. The van der Waals surface area contributed by atoms with Crippen LogP contribution in [0, 0.1) is 10.5 Å². The molecule has 216 valence electrons. The molecule has 2 amide bonds. The monoisotopic (exact) mass is 664 g/mol. The Kier molecular flexibility index (Phi) is 12.0. The number of carbonyl (C=O) groups is 3. The van der Waals surface area contributed by atoms with Gasteiger partial charge in [0.1, 0.15) is 18.5 Å². The number of aliphatic hydroxyl groups excluding tert-OH is 2. The Morgan fingerprint density at radius 1 is 1.23 bits per heavy atom. The van der Waals surface area contributed by atoms with Gasteiger partial charge in [0, 0.05) is 37.1 Å². The molecule has 0 heterocycles. The van der Waals surface area contributed by atoms with Crippen LogP contribution >= 0.6 is 22.6 Å². The molecule has 40 heavy (non-hydrogen) atoms. The number of halogens is 1. The molecule has 1 aliphatic rings. The van der Waals surface area contributed by atoms with Gasteiger partial charge in [-0.2, -0.15) is 0 Å². The molecule has 9 nitrogen and oxygen atoms in total. The van der Waals surface area contributed by atoms with Crippen molar-refractivity contribution < 1.29 is 34.1 Å². The molecule has 0 spiro atoms. The number of hydrogen-bond acceptors (Lipinski definition) is 7. The summed E-state index contributed by atoms with van der Waals surface area (Å²) in [4.78, 5) is 39.6. The summed E-state index contributed by atoms with van der Waals surface area (Å²) in [5.41, 5.74) is 2.74. The molecule has 1 aliphatic carbocycles. The van der Waals surface area contributed by atoms with E-state index in [1.807, 2.05) is 60.7 Å². The Hall–Kier alpha value is -2.96. The van der Waals surface area contributed by atoms with Crippen LogP contribution in [-0.2, 0) is 16.1 Å². The molecule has 0 saturated heterocycles. The number of aldehydes is 1. The average Bonchev–Trinajstić information content (AvgIpc) is 2.96. The van der Waals surface area contributed by atoms with E-state index in [4.69, 9.17) is 9.47 Å². The van der Waals surface area contributed by atoms with Crippen molar-refractivity contribution >= 4 is 40.7 Å². The molecule has 0 saturated carbocycles. The Morgan fingerprint density at radius 3 is 2.58 bits per heavy atom. The van der Waals surface area contributed by atoms with Gasteiger partial charge in [0.2, 0.25) is 11.8 Å². The van der Waals surface area contributed by atoms with Gasteiger partial charge in [-0.15, -0.1) is 0 Å². The minimum atomic E-state index is -1.17. The molecule has 2 aromatic rings. The van der Waals surface area contributed by atoms with E-state index in [9.17, 15) is 24.6 Å². The van der Waals surface area contributed by atoms with Crippen LogP contribution in [0.5, 0.6) is 11.5 Å². The van der Waals surface area contributed by atoms with Crippen LogP contribution in [0.4, 0.5) is 0 Å². The Labute approximate surface area is 248 Å². The van der Waals surface area contributed by atoms with Crippen LogP contribution in [0.2, 0.25) is 0 Å². The summed E-state index contributed by atoms with van der Waals surface area (Å²) in [5, 5.41) is 23.5. The van der Waals surface area contributed by atoms with Crippen molar-refractivity contribution in [2.45, 2.75) is 64.3 Å². The Morgan fingerprint density at radius 2 is 1.95 bits per heavy atom. The summed E-state index contributed by atoms with van der Waals surface area (Å²) in [5.74, 6) is 0.0873. The molecular weight excluding hydrogens is 627 g/mol. The van der Waals surface area contributed by atoms with E-state index in [2.05, 4.69) is 5.32 Å². The molecule has 3 N–H and O–H groups in total. The van der Waals surface area contributed by atoms with Crippen molar-refractivity contribution in [1.29, 1.82) is 0 Å². The average molecular weight is 665 g/mol. The zero-order chi connectivity index (χ0) is 29.2. The number of unbranched alkanes of at least 4 members (excludes halogenated alkanes) is 1. The number of aryl methyl sites for hydroxylation is 1. The van der Waals surface area contributed by atoms with Gasteiger partial charge in [-0.1, -0.05) is 43.2 Å². The third kappa shape index (κ3) is 8.05. The fourth-order valence-corrected chi connectivity index (χ4v) is 5.34. The molecular formula is C30H37IN2O7. The van der Waals surface area contributed by atoms with Gasteiger partial charge < -0.3 is 29.9 Å². The molecule has 0 radical (unpaired) electrons. The fourth-order valence-electron chi connectivity index (χ4n) is 4.59. The first kappa shape index (κ1) is 31.6. The normalized spacial score (nSPS) is 18.4. The maximum atomic E-state index is 13.5. The minimum absolute atomic E-state index is 0.0658. The number of amides is 2. The number of carbonyl (C=O) groups excluding carboxylic acids is 3. The van der Waals surface area contributed by atoms with E-state index in [0.717, 1.165) is 17.5 Å². The quantitative estimate of drug-likeness (QED) is 0.221. The number of aliphatic hydroxyl groups is 2. The number of nitrogens with one attached hydrogen (secondary N) is 1. The molecule has 0 aliphatic heterocycles. The van der Waals surface area contributed by atoms with Crippen molar-refractivity contribution in [1.82, 2.24) is 10.2 Å². The maximum absolute atomic E-state index is 13.5. The summed E-state index contributed by atoms with van der Waals surface area (Å²) in [6, 6.07) is 10.3. The summed E-state index contributed by atoms with van der Waals surface area (Å²) in [6.45, 7) is 4.10. The molecule has 2 aromatic carbocycles. The van der Waals surface area contributed by atoms with Crippen molar-refractivity contribution in [3.63, 3.8) is 0 Å². The van der Waals surface area contributed by atoms with Gasteiger partial charge in [-0.3, -0.25) is 14.4 Å². The van der Waals surface area contributed by atoms with Gasteiger partial charge >= 0.3 is 0 Å². The molecule has 3 rings (SSSR count). The van der Waals surface area contributed by atoms with E-state index in [1.165, 1.54) is 13.2 Å². The van der Waals surface area contributed by atoms with Crippen molar-refractivity contribution in [2.24, 2.45) is 0 Å². The lowest BCUT2D eigenvalue weighted by atomic mass is 9.87. The third-order valence-electron chi connectivity index (χ3n) is 6.79. The van der Waals surface area contributed by atoms with E-state index >= 15 is 0 Å². The molecule has 0 aromatic heterocycles. The number of hydrogen-bond donors (Lipinski definition) is 3. The number of nitrogens with zero attached hydrogens (tertiary/aromatic N) is 1. The smallest absolute Gasteiger partial charge is 0.247 e. The lowest BCUT2D eigenvalue weighted by Crippen LogP contribution is -2.54. The zero-order valence-corrected chi connectivity index (χ0v) is 25.2. The lowest BCUT2D eigenvalue weighted by Gasteiger charge is -2.41. The highest BCUT2D eigenvalue weighted by Crippen LogP contribution is 2.37. The van der Waals surface area contributed by atoms with Crippen LogP contribution in [-0.4, -0.2) is 71.7 Å². The SMILES string of the molecule is CCCCC(=O)N(Cc1ccc(C)cc1)C1CC(C(=O)NCCO)=CC(Oc2c(I)cc(C=O)cc2OC)C1O. The highest BCUT2D eigenvalue weighted by Gasteiger charge is 2.40. The van der Waals surface area contributed by atoms with E-state index in [0.29, 0.717) is 45.3 Å². The van der Waals surface area contributed by atoms with Crippen LogP contribution in [0.15, 0.2) is 48.0 Å². The molecule has 0 bridgehead atoms. The predicted octanol–water partition coefficient (Wildman–Crippen LogP) is 3.56. The first-order valence-electron chi connectivity index (χ1n) is 13.3. The first-order chi connectivity index (χ1) is 19.2. The van der Waals surface area contributed by atoms with Crippen molar-refractivity contribution in [2.75, 3.05) is 20.3 Å². The third-order valence-corrected chi connectivity index (χ3v) is 7.60. The number of rotatable bonds is 13. The van der Waals surface area contributed by atoms with E-state index in [-0.39, 0.29) is 32.0 Å². The molecule has 3 atom stereocenters. The number of benzene rings is 2. The first-order valence-corrected chi connectivity index (χ1v) is 14.4. The fraction of sp³-hybridized carbons (Fsp3) is 0.433. The van der Waals surface area contributed by atoms with Crippen LogP contribution in [0.1, 0.15) is 54.1 Å². The topological polar surface area (TPSA) is 125 Å². The maximum Gasteiger partial charge on any atom is 0.247 e. The van der Waals surface area contributed by atoms with Crippen LogP contribution in [0.25, 0.3) is 0 Å². The van der Waals surface area contributed by atoms with Gasteiger partial charge in [0.15, 0.2) is 11.5 Å². The highest BCUT2D eigenvalue weighted by molar-refractivity contribution is 14.1. The molecule has 0 fully saturated rings. The molecule has 3 unspecified atom stereocenters. The second kappa shape index (κ2) is 15.2. The highest BCUT2D eigenvalue weighted by atomic mass is 127. The van der Waals surface area contributed by atoms with Crippen LogP contribution < -0.4 is 14.8 Å². The number of ether oxygens (including phenoxy) is 2. The second-order valence-electron chi connectivity index (χ2n) is 9.78. The minimum Gasteiger partial charge on any atom is -0.493 e. The van der Waals surface area contributed by atoms with Gasteiger partial charge in [0.05, 0.1) is 23.3 Å². The largest absolute Gasteiger partial charge is 0.493 e. The summed E-state index contributed by atoms with van der Waals surface area (Å²) >= 11 is 2.02. The summed E-state index contributed by atoms with van der Waals surface area (Å²) in [7, 11) is 1.45. The number of methoxy groups -OCH3 is 1. The van der Waals surface area contributed by atoms with Gasteiger partial charge in [-0.25, -0.2) is 0 Å². The molecule has 10 heteroatoms. The Balaban J connectivity index is 2.03. The van der Waals surface area contributed by atoms with E-state index in [1.54, 1.807) is 17.0 Å².